The number of benzene rings is 2. The summed E-state index contributed by atoms with van der Waals surface area (Å²) in [6.45, 7) is 7.47. The van der Waals surface area contributed by atoms with E-state index in [0.717, 1.165) is 29.2 Å². The predicted octanol–water partition coefficient (Wildman–Crippen LogP) is 8.83. The Hall–Kier alpha value is -4.20. The van der Waals surface area contributed by atoms with Crippen LogP contribution < -0.4 is 10.9 Å². The van der Waals surface area contributed by atoms with E-state index in [4.69, 9.17) is 0 Å². The zero-order valence-electron chi connectivity index (χ0n) is 30.9. The second kappa shape index (κ2) is 16.0. The molecule has 290 valence electrons. The minimum Gasteiger partial charge on any atom is -0.481 e. The van der Waals surface area contributed by atoms with Crippen LogP contribution in [-0.2, 0) is 28.1 Å². The van der Waals surface area contributed by atoms with Crippen molar-refractivity contribution in [1.29, 1.82) is 0 Å². The van der Waals surface area contributed by atoms with E-state index in [1.807, 2.05) is 0 Å². The summed E-state index contributed by atoms with van der Waals surface area (Å²) in [5, 5.41) is 12.1. The minimum absolute atomic E-state index is 0.108. The Morgan fingerprint density at radius 2 is 1.58 bits per heavy atom. The van der Waals surface area contributed by atoms with Crippen molar-refractivity contribution < 1.29 is 45.4 Å². The van der Waals surface area contributed by atoms with Crippen molar-refractivity contribution >= 4 is 11.9 Å². The number of aromatic nitrogens is 1. The van der Waals surface area contributed by atoms with Crippen molar-refractivity contribution in [2.45, 2.75) is 103 Å². The van der Waals surface area contributed by atoms with E-state index < -0.39 is 81.9 Å². The zero-order valence-corrected chi connectivity index (χ0v) is 30.9. The van der Waals surface area contributed by atoms with E-state index in [2.05, 4.69) is 5.32 Å². The quantitative estimate of drug-likeness (QED) is 0.152. The lowest BCUT2D eigenvalue weighted by Crippen LogP contribution is -2.41. The summed E-state index contributed by atoms with van der Waals surface area (Å²) in [5.74, 6) is -9.81. The van der Waals surface area contributed by atoms with Crippen molar-refractivity contribution in [1.82, 2.24) is 14.8 Å². The van der Waals surface area contributed by atoms with Gasteiger partial charge in [0.25, 0.3) is 11.5 Å². The third-order valence-corrected chi connectivity index (χ3v) is 9.48. The molecule has 1 aliphatic rings. The van der Waals surface area contributed by atoms with Crippen LogP contribution >= 0.6 is 0 Å². The van der Waals surface area contributed by atoms with Gasteiger partial charge in [0, 0.05) is 30.3 Å². The lowest BCUT2D eigenvalue weighted by atomic mass is 9.87. The Bertz CT molecular complexity index is 1890. The number of alkyl halides is 5. The van der Waals surface area contributed by atoms with Crippen LogP contribution in [0, 0.1) is 31.4 Å². The fraction of sp³-hybridized carbons (Fsp3) is 0.513. The molecular weight excluding hydrogens is 707 g/mol. The standard InChI is InChI=1S/C39H46F7N3O4/c1-20(2)13-30(49-19-24(9-8-12-48(6)7)27(17-31(49)50)39(44,45)46)37(53)47-29(18-32(51)52)34-35(40)26(16-28(36(34)41)38(5,42)43)33-21(3)14-25(15-22(33)4)23-10-11-23/h14-17,19-20,23,29-30H,8-13,18H2,1-7H3,(H,47,53)(H,51,52)/t29-,30-/m0/s1. The largest absolute Gasteiger partial charge is 0.481 e. The molecule has 1 aromatic heterocycles. The molecule has 0 aliphatic heterocycles. The number of carboxylic acids is 1. The molecule has 0 bridgehead atoms. The van der Waals surface area contributed by atoms with Gasteiger partial charge in [0.15, 0.2) is 0 Å². The third kappa shape index (κ3) is 9.87. The number of hydrogen-bond acceptors (Lipinski definition) is 4. The number of nitrogens with zero attached hydrogens (tertiary/aromatic N) is 2. The maximum atomic E-state index is 16.8. The number of hydrogen-bond donors (Lipinski definition) is 2. The van der Waals surface area contributed by atoms with E-state index >= 15 is 17.6 Å². The van der Waals surface area contributed by atoms with E-state index in [0.29, 0.717) is 42.6 Å². The maximum Gasteiger partial charge on any atom is 0.416 e. The maximum absolute atomic E-state index is 16.8. The molecule has 0 unspecified atom stereocenters. The molecule has 0 radical (unpaired) electrons. The highest BCUT2D eigenvalue weighted by Crippen LogP contribution is 2.45. The topological polar surface area (TPSA) is 91.6 Å². The number of aryl methyl sites for hydroxylation is 3. The molecule has 2 N–H and O–H groups in total. The fourth-order valence-electron chi connectivity index (χ4n) is 6.88. The lowest BCUT2D eigenvalue weighted by molar-refractivity contribution is -0.139. The number of carbonyl (C=O) groups excluding carboxylic acids is 1. The van der Waals surface area contributed by atoms with Gasteiger partial charge in [0.1, 0.15) is 17.7 Å². The molecule has 1 heterocycles. The number of halogens is 7. The van der Waals surface area contributed by atoms with Gasteiger partial charge in [-0.1, -0.05) is 26.0 Å². The van der Waals surface area contributed by atoms with Gasteiger partial charge in [-0.3, -0.25) is 14.4 Å². The summed E-state index contributed by atoms with van der Waals surface area (Å²) in [6, 6.07) is 1.06. The Balaban J connectivity index is 1.89. The van der Waals surface area contributed by atoms with Gasteiger partial charge >= 0.3 is 12.1 Å². The SMILES string of the molecule is Cc1cc(C2CC2)cc(C)c1-c1cc(C(C)(F)F)c(F)c([C@H](CC(=O)O)NC(=O)[C@H](CC(C)C)n2cc(CCCN(C)C)c(C(F)(F)F)cc2=O)c1F. The van der Waals surface area contributed by atoms with Crippen LogP contribution in [0.1, 0.15) is 110 Å². The number of pyridine rings is 1. The first-order valence-corrected chi connectivity index (χ1v) is 17.5. The molecular formula is C39H46F7N3O4. The summed E-state index contributed by atoms with van der Waals surface area (Å²) in [5.41, 5.74) is -3.15. The van der Waals surface area contributed by atoms with Gasteiger partial charge < -0.3 is 19.9 Å². The minimum atomic E-state index is -4.89. The molecule has 7 nitrogen and oxygen atoms in total. The summed E-state index contributed by atoms with van der Waals surface area (Å²) in [4.78, 5) is 41.2. The van der Waals surface area contributed by atoms with Crippen molar-refractivity contribution in [3.8, 4) is 11.1 Å². The third-order valence-electron chi connectivity index (χ3n) is 9.48. The van der Waals surface area contributed by atoms with E-state index in [-0.39, 0.29) is 36.3 Å². The normalized spacial score (nSPS) is 14.9. The molecule has 4 rings (SSSR count). The smallest absolute Gasteiger partial charge is 0.416 e. The average molecular weight is 754 g/mol. The van der Waals surface area contributed by atoms with Gasteiger partial charge in [-0.15, -0.1) is 0 Å². The average Bonchev–Trinajstić information content (AvgIpc) is 3.85. The molecule has 3 aromatic rings. The molecule has 0 saturated heterocycles. The van der Waals surface area contributed by atoms with E-state index in [9.17, 15) is 32.7 Å². The summed E-state index contributed by atoms with van der Waals surface area (Å²) in [7, 11) is 3.47. The van der Waals surface area contributed by atoms with Gasteiger partial charge in [0.05, 0.1) is 23.6 Å². The second-order valence-corrected chi connectivity index (χ2v) is 14.9. The van der Waals surface area contributed by atoms with Gasteiger partial charge in [-0.05, 0) is 112 Å². The summed E-state index contributed by atoms with van der Waals surface area (Å²) in [6.07, 6.45) is -3.16. The van der Waals surface area contributed by atoms with Crippen molar-refractivity contribution in [3.05, 3.63) is 91.4 Å². The molecule has 1 fully saturated rings. The number of rotatable bonds is 15. The van der Waals surface area contributed by atoms with Crippen LogP contribution in [0.5, 0.6) is 0 Å². The van der Waals surface area contributed by atoms with Crippen molar-refractivity contribution in [2.75, 3.05) is 20.6 Å². The highest BCUT2D eigenvalue weighted by atomic mass is 19.4. The lowest BCUT2D eigenvalue weighted by Gasteiger charge is -2.28. The number of carboxylic acid groups (broad SMARTS) is 1. The Morgan fingerprint density at radius 3 is 2.08 bits per heavy atom. The first-order valence-electron chi connectivity index (χ1n) is 17.5. The fourth-order valence-corrected chi connectivity index (χ4v) is 6.88. The number of aliphatic carboxylic acids is 1. The molecule has 1 saturated carbocycles. The predicted molar refractivity (Wildman–Crippen MR) is 187 cm³/mol. The zero-order chi connectivity index (χ0) is 39.7. The molecule has 1 amide bonds. The number of nitrogens with one attached hydrogen (secondary N) is 1. The van der Waals surface area contributed by atoms with Gasteiger partial charge in [0.2, 0.25) is 5.91 Å². The monoisotopic (exact) mass is 753 g/mol. The van der Waals surface area contributed by atoms with E-state index in [1.54, 1.807) is 58.8 Å². The molecule has 2 aromatic carbocycles. The molecule has 2 atom stereocenters. The Morgan fingerprint density at radius 1 is 0.981 bits per heavy atom. The van der Waals surface area contributed by atoms with Crippen molar-refractivity contribution in [2.24, 2.45) is 5.92 Å². The number of amides is 1. The van der Waals surface area contributed by atoms with E-state index in [1.165, 1.54) is 0 Å². The first-order chi connectivity index (χ1) is 24.5. The van der Waals surface area contributed by atoms with Crippen LogP contribution in [0.4, 0.5) is 30.7 Å². The Kier molecular flexibility index (Phi) is 12.6. The summed E-state index contributed by atoms with van der Waals surface area (Å²) < 4.78 is 106. The molecule has 53 heavy (non-hydrogen) atoms. The second-order valence-electron chi connectivity index (χ2n) is 14.9. The summed E-state index contributed by atoms with van der Waals surface area (Å²) >= 11 is 0. The van der Waals surface area contributed by atoms with Crippen LogP contribution in [0.25, 0.3) is 11.1 Å². The highest BCUT2D eigenvalue weighted by molar-refractivity contribution is 5.82. The van der Waals surface area contributed by atoms with Crippen LogP contribution in [-0.4, -0.2) is 47.1 Å². The molecule has 1 aliphatic carbocycles. The van der Waals surface area contributed by atoms with Gasteiger partial charge in [-0.25, -0.2) is 17.6 Å². The van der Waals surface area contributed by atoms with Crippen LogP contribution in [0.3, 0.4) is 0 Å². The Labute approximate surface area is 304 Å². The van der Waals surface area contributed by atoms with Crippen LogP contribution in [0.2, 0.25) is 0 Å². The highest BCUT2D eigenvalue weighted by Gasteiger charge is 2.39. The molecule has 0 spiro atoms. The van der Waals surface area contributed by atoms with Crippen molar-refractivity contribution in [3.63, 3.8) is 0 Å². The van der Waals surface area contributed by atoms with Crippen LogP contribution in [0.15, 0.2) is 35.3 Å². The molecule has 14 heteroatoms. The van der Waals surface area contributed by atoms with Gasteiger partial charge in [-0.2, -0.15) is 13.2 Å². The first kappa shape index (κ1) is 41.6. The number of carbonyl (C=O) groups is 2.